The molecule has 0 aliphatic carbocycles. The molecular formula is C23H18ClN5O3S. The number of hydrogen-bond acceptors (Lipinski definition) is 6. The maximum absolute atomic E-state index is 12.4. The molecule has 1 aromatic heterocycles. The van der Waals surface area contributed by atoms with E-state index in [0.717, 1.165) is 11.3 Å². The molecule has 4 aromatic rings. The Morgan fingerprint density at radius 1 is 1.03 bits per heavy atom. The third-order valence-corrected chi connectivity index (χ3v) is 5.83. The fraction of sp³-hybridized carbons (Fsp3) is 0.0870. The van der Waals surface area contributed by atoms with Crippen LogP contribution in [0.25, 0.3) is 5.69 Å². The van der Waals surface area contributed by atoms with E-state index in [2.05, 4.69) is 15.5 Å². The Labute approximate surface area is 198 Å². The van der Waals surface area contributed by atoms with Gasteiger partial charge in [0.15, 0.2) is 5.16 Å². The third kappa shape index (κ3) is 5.76. The molecule has 0 fully saturated rings. The van der Waals surface area contributed by atoms with Gasteiger partial charge in [-0.1, -0.05) is 59.8 Å². The van der Waals surface area contributed by atoms with Crippen LogP contribution in [-0.2, 0) is 11.2 Å². The largest absolute Gasteiger partial charge is 0.325 e. The van der Waals surface area contributed by atoms with Crippen molar-refractivity contribution in [3.05, 3.63) is 105 Å². The first-order valence-electron chi connectivity index (χ1n) is 9.91. The lowest BCUT2D eigenvalue weighted by Crippen LogP contribution is -2.14. The number of non-ortho nitro benzene ring substituents is 1. The van der Waals surface area contributed by atoms with Crippen LogP contribution in [0.1, 0.15) is 11.4 Å². The van der Waals surface area contributed by atoms with Gasteiger partial charge in [-0.25, -0.2) is 0 Å². The predicted molar refractivity (Wildman–Crippen MR) is 128 cm³/mol. The van der Waals surface area contributed by atoms with E-state index in [0.29, 0.717) is 28.1 Å². The molecule has 1 amide bonds. The Bertz CT molecular complexity index is 1280. The molecule has 0 saturated carbocycles. The summed E-state index contributed by atoms with van der Waals surface area (Å²) in [5.41, 5.74) is 2.37. The van der Waals surface area contributed by atoms with Crippen molar-refractivity contribution in [1.29, 1.82) is 0 Å². The van der Waals surface area contributed by atoms with Crippen molar-refractivity contribution < 1.29 is 9.72 Å². The van der Waals surface area contributed by atoms with E-state index in [-0.39, 0.29) is 17.3 Å². The summed E-state index contributed by atoms with van der Waals surface area (Å²) in [5.74, 6) is 0.601. The van der Waals surface area contributed by atoms with Crippen molar-refractivity contribution in [2.24, 2.45) is 0 Å². The topological polar surface area (TPSA) is 103 Å². The van der Waals surface area contributed by atoms with E-state index < -0.39 is 4.92 Å². The minimum absolute atomic E-state index is 0.0326. The van der Waals surface area contributed by atoms with Crippen molar-refractivity contribution in [3.8, 4) is 5.69 Å². The number of para-hydroxylation sites is 1. The first kappa shape index (κ1) is 22.5. The highest BCUT2D eigenvalue weighted by Gasteiger charge is 2.17. The normalized spacial score (nSPS) is 10.7. The second-order valence-corrected chi connectivity index (χ2v) is 8.40. The highest BCUT2D eigenvalue weighted by molar-refractivity contribution is 7.99. The molecule has 166 valence electrons. The van der Waals surface area contributed by atoms with Gasteiger partial charge in [0, 0.05) is 35.0 Å². The molecule has 0 spiro atoms. The summed E-state index contributed by atoms with van der Waals surface area (Å²) in [6, 6.07) is 22.9. The molecule has 10 heteroatoms. The summed E-state index contributed by atoms with van der Waals surface area (Å²) in [4.78, 5) is 22.9. The minimum Gasteiger partial charge on any atom is -0.325 e. The molecular weight excluding hydrogens is 462 g/mol. The zero-order chi connectivity index (χ0) is 23.2. The monoisotopic (exact) mass is 479 g/mol. The Balaban J connectivity index is 1.53. The van der Waals surface area contributed by atoms with Crippen LogP contribution in [0.3, 0.4) is 0 Å². The van der Waals surface area contributed by atoms with Crippen LogP contribution in [0.5, 0.6) is 0 Å². The van der Waals surface area contributed by atoms with Crippen molar-refractivity contribution in [1.82, 2.24) is 14.8 Å². The van der Waals surface area contributed by atoms with Gasteiger partial charge in [-0.05, 0) is 35.9 Å². The second kappa shape index (κ2) is 10.3. The maximum Gasteiger partial charge on any atom is 0.269 e. The molecule has 0 bridgehead atoms. The first-order chi connectivity index (χ1) is 16.0. The van der Waals surface area contributed by atoms with Crippen molar-refractivity contribution in [2.45, 2.75) is 11.6 Å². The van der Waals surface area contributed by atoms with Crippen molar-refractivity contribution in [2.75, 3.05) is 11.1 Å². The molecule has 4 rings (SSSR count). The quantitative estimate of drug-likeness (QED) is 0.213. The molecule has 1 heterocycles. The number of hydrogen-bond donors (Lipinski definition) is 1. The Morgan fingerprint density at radius 2 is 1.79 bits per heavy atom. The molecule has 0 radical (unpaired) electrons. The highest BCUT2D eigenvalue weighted by atomic mass is 35.5. The Kier molecular flexibility index (Phi) is 7.01. The molecule has 0 aliphatic rings. The van der Waals surface area contributed by atoms with Crippen LogP contribution < -0.4 is 5.32 Å². The number of rotatable bonds is 8. The summed E-state index contributed by atoms with van der Waals surface area (Å²) in [7, 11) is 0. The first-order valence-corrected chi connectivity index (χ1v) is 11.3. The molecule has 3 aromatic carbocycles. The van der Waals surface area contributed by atoms with Crippen LogP contribution in [0.2, 0.25) is 5.02 Å². The zero-order valence-electron chi connectivity index (χ0n) is 17.2. The van der Waals surface area contributed by atoms with E-state index in [1.165, 1.54) is 23.9 Å². The number of amides is 1. The van der Waals surface area contributed by atoms with Gasteiger partial charge in [0.1, 0.15) is 5.82 Å². The van der Waals surface area contributed by atoms with Crippen LogP contribution in [0.15, 0.2) is 84.0 Å². The van der Waals surface area contributed by atoms with Crippen LogP contribution in [0.4, 0.5) is 11.4 Å². The molecule has 8 nitrogen and oxygen atoms in total. The predicted octanol–water partition coefficient (Wildman–Crippen LogP) is 5.15. The number of benzene rings is 3. The fourth-order valence-corrected chi connectivity index (χ4v) is 4.12. The van der Waals surface area contributed by atoms with Gasteiger partial charge >= 0.3 is 0 Å². The van der Waals surface area contributed by atoms with Crippen LogP contribution in [0, 0.1) is 10.1 Å². The van der Waals surface area contributed by atoms with E-state index in [1.54, 1.807) is 36.4 Å². The summed E-state index contributed by atoms with van der Waals surface area (Å²) in [5, 5.41) is 23.5. The van der Waals surface area contributed by atoms with E-state index in [4.69, 9.17) is 11.6 Å². The maximum atomic E-state index is 12.4. The number of carbonyl (C=O) groups excluding carboxylic acids is 1. The number of aromatic nitrogens is 3. The highest BCUT2D eigenvalue weighted by Crippen LogP contribution is 2.24. The van der Waals surface area contributed by atoms with Gasteiger partial charge in [0.25, 0.3) is 5.69 Å². The smallest absolute Gasteiger partial charge is 0.269 e. The Hall–Kier alpha value is -3.69. The van der Waals surface area contributed by atoms with Gasteiger partial charge in [-0.2, -0.15) is 0 Å². The van der Waals surface area contributed by atoms with E-state index in [1.807, 2.05) is 34.9 Å². The summed E-state index contributed by atoms with van der Waals surface area (Å²) in [6.07, 6.45) is 0.426. The standard InChI is InChI=1S/C23H18ClN5O3S/c24-17-5-4-6-18(14-17)25-22(30)15-33-23-27-26-21(28(23)19-7-2-1-3-8-19)13-16-9-11-20(12-10-16)29(31)32/h1-12,14H,13,15H2,(H,25,30). The summed E-state index contributed by atoms with van der Waals surface area (Å²) in [6.45, 7) is 0. The lowest BCUT2D eigenvalue weighted by atomic mass is 10.1. The number of nitrogens with one attached hydrogen (secondary N) is 1. The molecule has 0 unspecified atom stereocenters. The second-order valence-electron chi connectivity index (χ2n) is 7.02. The summed E-state index contributed by atoms with van der Waals surface area (Å²) < 4.78 is 1.89. The molecule has 1 N–H and O–H groups in total. The third-order valence-electron chi connectivity index (χ3n) is 4.66. The fourth-order valence-electron chi connectivity index (χ4n) is 3.16. The average Bonchev–Trinajstić information content (AvgIpc) is 3.21. The van der Waals surface area contributed by atoms with E-state index in [9.17, 15) is 14.9 Å². The molecule has 0 saturated heterocycles. The van der Waals surface area contributed by atoms with Crippen molar-refractivity contribution >= 4 is 40.6 Å². The minimum atomic E-state index is -0.431. The SMILES string of the molecule is O=C(CSc1nnc(Cc2ccc([N+](=O)[O-])cc2)n1-c1ccccc1)Nc1cccc(Cl)c1. The number of halogens is 1. The van der Waals surface area contributed by atoms with Gasteiger partial charge in [0.2, 0.25) is 5.91 Å². The number of nitro benzene ring substituents is 1. The molecule has 33 heavy (non-hydrogen) atoms. The molecule has 0 atom stereocenters. The number of nitro groups is 1. The zero-order valence-corrected chi connectivity index (χ0v) is 18.8. The van der Waals surface area contributed by atoms with Gasteiger partial charge < -0.3 is 5.32 Å². The lowest BCUT2D eigenvalue weighted by Gasteiger charge is -2.10. The lowest BCUT2D eigenvalue weighted by molar-refractivity contribution is -0.384. The number of anilines is 1. The van der Waals surface area contributed by atoms with Gasteiger partial charge in [0.05, 0.1) is 10.7 Å². The number of nitrogens with zero attached hydrogens (tertiary/aromatic N) is 4. The Morgan fingerprint density at radius 3 is 2.48 bits per heavy atom. The summed E-state index contributed by atoms with van der Waals surface area (Å²) >= 11 is 7.24. The number of carbonyl (C=O) groups is 1. The van der Waals surface area contributed by atoms with Crippen molar-refractivity contribution in [3.63, 3.8) is 0 Å². The van der Waals surface area contributed by atoms with Gasteiger partial charge in [-0.15, -0.1) is 10.2 Å². The van der Waals surface area contributed by atoms with E-state index >= 15 is 0 Å². The molecule has 0 aliphatic heterocycles. The van der Waals surface area contributed by atoms with Crippen LogP contribution in [-0.4, -0.2) is 31.3 Å². The number of thioether (sulfide) groups is 1. The van der Waals surface area contributed by atoms with Gasteiger partial charge in [-0.3, -0.25) is 19.5 Å². The van der Waals surface area contributed by atoms with Crippen LogP contribution >= 0.6 is 23.4 Å². The average molecular weight is 480 g/mol.